The molecule has 2 aliphatic rings. The van der Waals surface area contributed by atoms with Crippen LogP contribution in [0.4, 0.5) is 5.69 Å². The Hall–Kier alpha value is -1.43. The van der Waals surface area contributed by atoms with Gasteiger partial charge in [-0.15, -0.1) is 0 Å². The van der Waals surface area contributed by atoms with Gasteiger partial charge >= 0.3 is 0 Å². The Bertz CT molecular complexity index is 477. The first-order valence-electron chi connectivity index (χ1n) is 8.22. The monoisotopic (exact) mass is 303 g/mol. The maximum absolute atomic E-state index is 12.2. The lowest BCUT2D eigenvalue weighted by molar-refractivity contribution is -0.120. The molecule has 0 radical (unpaired) electrons. The SMILES string of the molecule is O=C(Nc1ccc(CN2CCOCC2)cc1)C1CCNCC1. The zero-order valence-corrected chi connectivity index (χ0v) is 13.0. The Morgan fingerprint density at radius 3 is 2.55 bits per heavy atom. The molecule has 0 atom stereocenters. The van der Waals surface area contributed by atoms with Crippen LogP contribution in [0.5, 0.6) is 0 Å². The molecule has 0 aliphatic carbocycles. The second-order valence-electron chi connectivity index (χ2n) is 6.10. The van der Waals surface area contributed by atoms with E-state index in [0.717, 1.165) is 64.5 Å². The normalized spacial score (nSPS) is 20.7. The van der Waals surface area contributed by atoms with E-state index in [1.54, 1.807) is 0 Å². The van der Waals surface area contributed by atoms with Crippen molar-refractivity contribution in [2.24, 2.45) is 5.92 Å². The molecule has 5 nitrogen and oxygen atoms in total. The van der Waals surface area contributed by atoms with E-state index in [9.17, 15) is 4.79 Å². The number of hydrogen-bond donors (Lipinski definition) is 2. The first kappa shape index (κ1) is 15.5. The van der Waals surface area contributed by atoms with Gasteiger partial charge in [-0.25, -0.2) is 0 Å². The van der Waals surface area contributed by atoms with Crippen LogP contribution in [-0.4, -0.2) is 50.2 Å². The van der Waals surface area contributed by atoms with E-state index in [-0.39, 0.29) is 11.8 Å². The highest BCUT2D eigenvalue weighted by Gasteiger charge is 2.20. The predicted molar refractivity (Wildman–Crippen MR) is 86.8 cm³/mol. The summed E-state index contributed by atoms with van der Waals surface area (Å²) < 4.78 is 5.36. The molecule has 2 fully saturated rings. The highest BCUT2D eigenvalue weighted by molar-refractivity contribution is 5.92. The van der Waals surface area contributed by atoms with Crippen molar-refractivity contribution in [3.63, 3.8) is 0 Å². The Balaban J connectivity index is 1.51. The van der Waals surface area contributed by atoms with Crippen LogP contribution < -0.4 is 10.6 Å². The lowest BCUT2D eigenvalue weighted by Crippen LogP contribution is -2.35. The molecular weight excluding hydrogens is 278 g/mol. The van der Waals surface area contributed by atoms with Gasteiger partial charge in [-0.3, -0.25) is 9.69 Å². The van der Waals surface area contributed by atoms with Crippen LogP contribution in [0.15, 0.2) is 24.3 Å². The third-order valence-corrected chi connectivity index (χ3v) is 4.44. The largest absolute Gasteiger partial charge is 0.379 e. The summed E-state index contributed by atoms with van der Waals surface area (Å²) in [6.45, 7) is 6.47. The van der Waals surface area contributed by atoms with Crippen LogP contribution in [-0.2, 0) is 16.1 Å². The van der Waals surface area contributed by atoms with Gasteiger partial charge in [-0.1, -0.05) is 12.1 Å². The Morgan fingerprint density at radius 2 is 1.86 bits per heavy atom. The number of benzene rings is 1. The fourth-order valence-electron chi connectivity index (χ4n) is 3.04. The molecule has 120 valence electrons. The molecule has 0 spiro atoms. The number of carbonyl (C=O) groups is 1. The van der Waals surface area contributed by atoms with Gasteiger partial charge in [0.05, 0.1) is 13.2 Å². The lowest BCUT2D eigenvalue weighted by atomic mass is 9.97. The molecule has 1 aromatic rings. The van der Waals surface area contributed by atoms with Crippen LogP contribution >= 0.6 is 0 Å². The standard InChI is InChI=1S/C17H25N3O2/c21-17(15-5-7-18-8-6-15)19-16-3-1-14(2-4-16)13-20-9-11-22-12-10-20/h1-4,15,18H,5-13H2,(H,19,21). The average Bonchev–Trinajstić information content (AvgIpc) is 2.58. The third-order valence-electron chi connectivity index (χ3n) is 4.44. The van der Waals surface area contributed by atoms with Crippen molar-refractivity contribution in [2.45, 2.75) is 19.4 Å². The number of piperidine rings is 1. The van der Waals surface area contributed by atoms with Gasteiger partial charge in [0.15, 0.2) is 0 Å². The lowest BCUT2D eigenvalue weighted by Gasteiger charge is -2.26. The molecule has 2 N–H and O–H groups in total. The summed E-state index contributed by atoms with van der Waals surface area (Å²) in [5.74, 6) is 0.303. The quantitative estimate of drug-likeness (QED) is 0.884. The molecule has 1 amide bonds. The van der Waals surface area contributed by atoms with Crippen LogP contribution in [0.2, 0.25) is 0 Å². The predicted octanol–water partition coefficient (Wildman–Crippen LogP) is 1.46. The summed E-state index contributed by atoms with van der Waals surface area (Å²) in [5, 5.41) is 6.33. The number of hydrogen-bond acceptors (Lipinski definition) is 4. The molecule has 1 aromatic carbocycles. The zero-order chi connectivity index (χ0) is 15.2. The number of anilines is 1. The van der Waals surface area contributed by atoms with Gasteiger partial charge in [0.1, 0.15) is 0 Å². The number of ether oxygens (including phenoxy) is 1. The van der Waals surface area contributed by atoms with Crippen molar-refractivity contribution in [3.05, 3.63) is 29.8 Å². The molecule has 0 unspecified atom stereocenters. The minimum atomic E-state index is 0.147. The van der Waals surface area contributed by atoms with Crippen molar-refractivity contribution < 1.29 is 9.53 Å². The van der Waals surface area contributed by atoms with Crippen LogP contribution in [0.3, 0.4) is 0 Å². The number of morpholine rings is 1. The number of rotatable bonds is 4. The third kappa shape index (κ3) is 4.29. The van der Waals surface area contributed by atoms with Gasteiger partial charge in [0.2, 0.25) is 5.91 Å². The molecule has 2 aliphatic heterocycles. The molecule has 22 heavy (non-hydrogen) atoms. The summed E-state index contributed by atoms with van der Waals surface area (Å²) in [7, 11) is 0. The molecule has 5 heteroatoms. The molecule has 2 heterocycles. The Labute approximate surface area is 132 Å². The van der Waals surface area contributed by atoms with E-state index in [2.05, 4.69) is 27.7 Å². The van der Waals surface area contributed by atoms with Gasteiger partial charge in [-0.05, 0) is 43.6 Å². The van der Waals surface area contributed by atoms with Crippen molar-refractivity contribution in [1.82, 2.24) is 10.2 Å². The topological polar surface area (TPSA) is 53.6 Å². The van der Waals surface area contributed by atoms with E-state index in [0.29, 0.717) is 0 Å². The molecular formula is C17H25N3O2. The average molecular weight is 303 g/mol. The summed E-state index contributed by atoms with van der Waals surface area (Å²) in [5.41, 5.74) is 2.18. The van der Waals surface area contributed by atoms with Crippen molar-refractivity contribution in [2.75, 3.05) is 44.7 Å². The highest BCUT2D eigenvalue weighted by Crippen LogP contribution is 2.17. The maximum atomic E-state index is 12.2. The fraction of sp³-hybridized carbons (Fsp3) is 0.588. The number of nitrogens with one attached hydrogen (secondary N) is 2. The van der Waals surface area contributed by atoms with Crippen molar-refractivity contribution in [1.29, 1.82) is 0 Å². The first-order chi connectivity index (χ1) is 10.8. The molecule has 2 saturated heterocycles. The maximum Gasteiger partial charge on any atom is 0.227 e. The van der Waals surface area contributed by atoms with E-state index in [1.807, 2.05) is 12.1 Å². The number of nitrogens with zero attached hydrogens (tertiary/aromatic N) is 1. The summed E-state index contributed by atoms with van der Waals surface area (Å²) in [6, 6.07) is 8.23. The van der Waals surface area contributed by atoms with Gasteiger partial charge < -0.3 is 15.4 Å². The smallest absolute Gasteiger partial charge is 0.227 e. The van der Waals surface area contributed by atoms with Crippen molar-refractivity contribution in [3.8, 4) is 0 Å². The Morgan fingerprint density at radius 1 is 1.18 bits per heavy atom. The highest BCUT2D eigenvalue weighted by atomic mass is 16.5. The summed E-state index contributed by atoms with van der Waals surface area (Å²) in [4.78, 5) is 14.6. The minimum Gasteiger partial charge on any atom is -0.379 e. The first-order valence-corrected chi connectivity index (χ1v) is 8.22. The molecule has 3 rings (SSSR count). The molecule has 0 bridgehead atoms. The zero-order valence-electron chi connectivity index (χ0n) is 13.0. The van der Waals surface area contributed by atoms with Gasteiger partial charge in [-0.2, -0.15) is 0 Å². The van der Waals surface area contributed by atoms with Crippen LogP contribution in [0.25, 0.3) is 0 Å². The second-order valence-corrected chi connectivity index (χ2v) is 6.10. The summed E-state index contributed by atoms with van der Waals surface area (Å²) >= 11 is 0. The van der Waals surface area contributed by atoms with Gasteiger partial charge in [0.25, 0.3) is 0 Å². The van der Waals surface area contributed by atoms with E-state index in [1.165, 1.54) is 5.56 Å². The van der Waals surface area contributed by atoms with Gasteiger partial charge in [0, 0.05) is 31.2 Å². The minimum absolute atomic E-state index is 0.147. The number of amides is 1. The van der Waals surface area contributed by atoms with Crippen molar-refractivity contribution >= 4 is 11.6 Å². The van der Waals surface area contributed by atoms with Crippen LogP contribution in [0, 0.1) is 5.92 Å². The van der Waals surface area contributed by atoms with E-state index >= 15 is 0 Å². The molecule has 0 aromatic heterocycles. The van der Waals surface area contributed by atoms with Crippen LogP contribution in [0.1, 0.15) is 18.4 Å². The second kappa shape index (κ2) is 7.72. The Kier molecular flexibility index (Phi) is 5.43. The fourth-order valence-corrected chi connectivity index (χ4v) is 3.04. The summed E-state index contributed by atoms with van der Waals surface area (Å²) in [6.07, 6.45) is 1.86. The van der Waals surface area contributed by atoms with E-state index < -0.39 is 0 Å². The molecule has 0 saturated carbocycles. The van der Waals surface area contributed by atoms with E-state index in [4.69, 9.17) is 4.74 Å². The number of carbonyl (C=O) groups excluding carboxylic acids is 1.